The van der Waals surface area contributed by atoms with E-state index in [2.05, 4.69) is 20.9 Å². The number of nitriles is 1. The molecule has 0 unspecified atom stereocenters. The number of amides is 1. The molecule has 0 aliphatic rings. The monoisotopic (exact) mass is 519 g/mol. The van der Waals surface area contributed by atoms with Crippen LogP contribution in [0, 0.1) is 31.6 Å². The van der Waals surface area contributed by atoms with Gasteiger partial charge in [-0.1, -0.05) is 18.5 Å². The number of hydrogen-bond donors (Lipinski definition) is 2. The molecule has 2 rings (SSSR count). The lowest BCUT2D eigenvalue weighted by Crippen LogP contribution is -2.12. The lowest BCUT2D eigenvalue weighted by Gasteiger charge is -2.15. The predicted molar refractivity (Wildman–Crippen MR) is 130 cm³/mol. The van der Waals surface area contributed by atoms with Crippen molar-refractivity contribution in [2.45, 2.75) is 19.8 Å². The minimum absolute atomic E-state index is 0.0909. The third kappa shape index (κ3) is 7.58. The Hall–Kier alpha value is -4.35. The Bertz CT molecular complexity index is 1210. The third-order valence-electron chi connectivity index (χ3n) is 4.53. The molecule has 0 aliphatic heterocycles. The van der Waals surface area contributed by atoms with Crippen molar-refractivity contribution in [3.8, 4) is 11.8 Å². The van der Waals surface area contributed by atoms with Gasteiger partial charge in [0.15, 0.2) is 5.69 Å². The maximum Gasteiger partial charge on any atom is 0.305 e. The number of ether oxygens (including phenoxy) is 2. The lowest BCUT2D eigenvalue weighted by molar-refractivity contribution is -0.393. The number of nitro groups is 2. The summed E-state index contributed by atoms with van der Waals surface area (Å²) < 4.78 is 10.7. The second-order valence-electron chi connectivity index (χ2n) is 6.93. The fourth-order valence-corrected chi connectivity index (χ4v) is 3.04. The molecule has 190 valence electrons. The predicted octanol–water partition coefficient (Wildman–Crippen LogP) is 5.27. The highest BCUT2D eigenvalue weighted by atomic mass is 35.5. The van der Waals surface area contributed by atoms with E-state index < -0.39 is 26.9 Å². The highest BCUT2D eigenvalue weighted by Gasteiger charge is 2.24. The SMILES string of the molecule is CCC(=O)Nc1cc(NCCOCCC#N)c(OC)cc1N=Nc1c(Cl)cc([N+](=O)[O-])cc1[N+](=O)[O-]. The maximum absolute atomic E-state index is 12.1. The average molecular weight is 520 g/mol. The molecule has 2 aromatic carbocycles. The number of hydrogen-bond acceptors (Lipinski definition) is 11. The lowest BCUT2D eigenvalue weighted by atomic mass is 10.2. The smallest absolute Gasteiger partial charge is 0.305 e. The van der Waals surface area contributed by atoms with Gasteiger partial charge in [0, 0.05) is 25.1 Å². The molecule has 36 heavy (non-hydrogen) atoms. The summed E-state index contributed by atoms with van der Waals surface area (Å²) in [5.41, 5.74) is -0.871. The van der Waals surface area contributed by atoms with Crippen LogP contribution in [0.2, 0.25) is 5.02 Å². The normalized spacial score (nSPS) is 10.6. The molecule has 14 nitrogen and oxygen atoms in total. The molecule has 0 bridgehead atoms. The summed E-state index contributed by atoms with van der Waals surface area (Å²) in [6.07, 6.45) is 0.435. The number of methoxy groups -OCH3 is 1. The fraction of sp³-hybridized carbons (Fsp3) is 0.333. The van der Waals surface area contributed by atoms with E-state index in [0.29, 0.717) is 31.2 Å². The van der Waals surface area contributed by atoms with Crippen LogP contribution in [0.4, 0.5) is 34.1 Å². The Kier molecular flexibility index (Phi) is 10.5. The first-order chi connectivity index (χ1) is 17.2. The first-order valence-corrected chi connectivity index (χ1v) is 10.8. The molecular formula is C21H22ClN7O7. The number of non-ortho nitro benzene ring substituents is 1. The van der Waals surface area contributed by atoms with Crippen LogP contribution in [0.25, 0.3) is 0 Å². The maximum atomic E-state index is 12.1. The van der Waals surface area contributed by atoms with Crippen LogP contribution in [0.1, 0.15) is 19.8 Å². The van der Waals surface area contributed by atoms with Crippen molar-refractivity contribution in [2.75, 3.05) is 37.5 Å². The minimum Gasteiger partial charge on any atom is -0.495 e. The van der Waals surface area contributed by atoms with Crippen molar-refractivity contribution in [1.29, 1.82) is 5.26 Å². The molecule has 0 spiro atoms. The zero-order valence-electron chi connectivity index (χ0n) is 19.3. The largest absolute Gasteiger partial charge is 0.495 e. The topological polar surface area (TPSA) is 194 Å². The molecular weight excluding hydrogens is 498 g/mol. The summed E-state index contributed by atoms with van der Waals surface area (Å²) in [6.45, 7) is 2.63. The van der Waals surface area contributed by atoms with Crippen molar-refractivity contribution < 1.29 is 24.1 Å². The number of carbonyl (C=O) groups is 1. The standard InChI is InChI=1S/C21H22ClN7O7/c1-3-20(30)25-15-11-17(24-6-8-36-7-4-5-23)19(35-2)12-16(15)26-27-21-14(22)9-13(28(31)32)10-18(21)29(33)34/h9-12,24H,3-4,6-8H2,1-2H3,(H,25,30). The van der Waals surface area contributed by atoms with Gasteiger partial charge in [0.25, 0.3) is 5.69 Å². The van der Waals surface area contributed by atoms with Crippen LogP contribution in [0.15, 0.2) is 34.5 Å². The molecule has 15 heteroatoms. The van der Waals surface area contributed by atoms with Crippen molar-refractivity contribution >= 4 is 51.6 Å². The zero-order valence-corrected chi connectivity index (χ0v) is 20.1. The van der Waals surface area contributed by atoms with Gasteiger partial charge in [-0.2, -0.15) is 5.26 Å². The molecule has 2 aromatic rings. The molecule has 0 fully saturated rings. The number of nitro benzene ring substituents is 2. The second kappa shape index (κ2) is 13.5. The Morgan fingerprint density at radius 1 is 1.14 bits per heavy atom. The van der Waals surface area contributed by atoms with E-state index in [4.69, 9.17) is 26.3 Å². The van der Waals surface area contributed by atoms with Gasteiger partial charge in [-0.25, -0.2) is 0 Å². The van der Waals surface area contributed by atoms with Crippen LogP contribution >= 0.6 is 11.6 Å². The number of nitrogens with one attached hydrogen (secondary N) is 2. The average Bonchev–Trinajstić information content (AvgIpc) is 2.85. The van der Waals surface area contributed by atoms with Crippen molar-refractivity contribution in [3.05, 3.63) is 49.5 Å². The van der Waals surface area contributed by atoms with E-state index in [0.717, 1.165) is 12.1 Å². The van der Waals surface area contributed by atoms with Crippen molar-refractivity contribution in [1.82, 2.24) is 0 Å². The first-order valence-electron chi connectivity index (χ1n) is 10.5. The highest BCUT2D eigenvalue weighted by Crippen LogP contribution is 2.42. The summed E-state index contributed by atoms with van der Waals surface area (Å²) in [7, 11) is 1.41. The van der Waals surface area contributed by atoms with E-state index >= 15 is 0 Å². The van der Waals surface area contributed by atoms with Crippen molar-refractivity contribution in [3.63, 3.8) is 0 Å². The zero-order chi connectivity index (χ0) is 26.7. The quantitative estimate of drug-likeness (QED) is 0.153. The molecule has 2 N–H and O–H groups in total. The van der Waals surface area contributed by atoms with Crippen LogP contribution in [-0.2, 0) is 9.53 Å². The van der Waals surface area contributed by atoms with Crippen LogP contribution in [0.3, 0.4) is 0 Å². The summed E-state index contributed by atoms with van der Waals surface area (Å²) in [5, 5.41) is 44.3. The molecule has 0 heterocycles. The van der Waals surface area contributed by atoms with Crippen LogP contribution in [-0.4, -0.2) is 42.6 Å². The fourth-order valence-electron chi connectivity index (χ4n) is 2.79. The van der Waals surface area contributed by atoms with Gasteiger partial charge in [-0.15, -0.1) is 10.2 Å². The second-order valence-corrected chi connectivity index (χ2v) is 7.34. The number of anilines is 2. The summed E-state index contributed by atoms with van der Waals surface area (Å²) in [6, 6.07) is 6.62. The van der Waals surface area contributed by atoms with Crippen molar-refractivity contribution in [2.24, 2.45) is 10.2 Å². The number of carbonyl (C=O) groups excluding carboxylic acids is 1. The van der Waals surface area contributed by atoms with Gasteiger partial charge in [0.1, 0.15) is 11.4 Å². The first kappa shape index (κ1) is 27.9. The van der Waals surface area contributed by atoms with E-state index in [1.54, 1.807) is 13.0 Å². The number of azo groups is 1. The molecule has 0 radical (unpaired) electrons. The van der Waals surface area contributed by atoms with Gasteiger partial charge in [0.2, 0.25) is 5.91 Å². The number of benzene rings is 2. The Labute approximate surface area is 210 Å². The van der Waals surface area contributed by atoms with Gasteiger partial charge >= 0.3 is 5.69 Å². The van der Waals surface area contributed by atoms with Gasteiger partial charge in [0.05, 0.1) is 65.1 Å². The Balaban J connectivity index is 2.45. The van der Waals surface area contributed by atoms with E-state index in [1.165, 1.54) is 13.2 Å². The van der Waals surface area contributed by atoms with E-state index in [9.17, 15) is 25.0 Å². The van der Waals surface area contributed by atoms with E-state index in [-0.39, 0.29) is 35.1 Å². The van der Waals surface area contributed by atoms with Gasteiger partial charge < -0.3 is 20.1 Å². The summed E-state index contributed by atoms with van der Waals surface area (Å²) in [4.78, 5) is 32.9. The molecule has 1 amide bonds. The Morgan fingerprint density at radius 2 is 1.89 bits per heavy atom. The van der Waals surface area contributed by atoms with Gasteiger partial charge in [-0.3, -0.25) is 25.0 Å². The van der Waals surface area contributed by atoms with Crippen LogP contribution in [0.5, 0.6) is 5.75 Å². The molecule has 0 saturated heterocycles. The minimum atomic E-state index is -0.862. The molecule has 0 aromatic heterocycles. The number of halogens is 1. The Morgan fingerprint density at radius 3 is 2.50 bits per heavy atom. The van der Waals surface area contributed by atoms with Crippen LogP contribution < -0.4 is 15.4 Å². The number of nitrogens with zero attached hydrogens (tertiary/aromatic N) is 5. The summed E-state index contributed by atoms with van der Waals surface area (Å²) >= 11 is 6.03. The molecule has 0 aliphatic carbocycles. The highest BCUT2D eigenvalue weighted by molar-refractivity contribution is 6.33. The van der Waals surface area contributed by atoms with Gasteiger partial charge in [-0.05, 0) is 6.07 Å². The third-order valence-corrected chi connectivity index (χ3v) is 4.81. The summed E-state index contributed by atoms with van der Waals surface area (Å²) in [5.74, 6) is -0.0125. The molecule has 0 atom stereocenters. The number of rotatable bonds is 13. The van der Waals surface area contributed by atoms with E-state index in [1.807, 2.05) is 6.07 Å². The molecule has 0 saturated carbocycles.